The van der Waals surface area contributed by atoms with Gasteiger partial charge in [-0.2, -0.15) is 0 Å². The van der Waals surface area contributed by atoms with E-state index in [9.17, 15) is 4.79 Å². The van der Waals surface area contributed by atoms with Crippen molar-refractivity contribution in [1.29, 1.82) is 0 Å². The van der Waals surface area contributed by atoms with Crippen LogP contribution in [-0.4, -0.2) is 15.9 Å². The number of carbonyl (C=O) groups excluding carboxylic acids is 1. The minimum atomic E-state index is -0.171. The van der Waals surface area contributed by atoms with E-state index in [1.54, 1.807) is 0 Å². The van der Waals surface area contributed by atoms with Crippen molar-refractivity contribution < 1.29 is 9.53 Å². The van der Waals surface area contributed by atoms with Gasteiger partial charge < -0.3 is 4.74 Å². The number of carbonyl (C=O) groups is 1. The Kier molecular flexibility index (Phi) is 13.2. The van der Waals surface area contributed by atoms with Crippen molar-refractivity contribution in [1.82, 2.24) is 9.97 Å². The molecule has 0 saturated carbocycles. The van der Waals surface area contributed by atoms with Crippen LogP contribution in [0.4, 0.5) is 0 Å². The first-order valence-electron chi connectivity index (χ1n) is 15.2. The Morgan fingerprint density at radius 1 is 0.692 bits per heavy atom. The zero-order valence-electron chi connectivity index (χ0n) is 24.6. The molecule has 0 spiro atoms. The first-order valence-corrected chi connectivity index (χ1v) is 15.2. The molecule has 0 saturated heterocycles. The molecule has 0 aliphatic heterocycles. The van der Waals surface area contributed by atoms with Gasteiger partial charge in [-0.05, 0) is 60.6 Å². The van der Waals surface area contributed by atoms with Crippen LogP contribution in [0.5, 0.6) is 5.75 Å². The highest BCUT2D eigenvalue weighted by Gasteiger charge is 2.21. The largest absolute Gasteiger partial charge is 0.426 e. The Bertz CT molecular complexity index is 1090. The highest BCUT2D eigenvalue weighted by atomic mass is 16.5. The van der Waals surface area contributed by atoms with Crippen molar-refractivity contribution in [2.24, 2.45) is 11.8 Å². The number of unbranched alkanes of at least 4 members (excludes halogenated alkanes) is 8. The Balaban J connectivity index is 1.47. The zero-order chi connectivity index (χ0) is 27.9. The van der Waals surface area contributed by atoms with Gasteiger partial charge in [0, 0.05) is 23.5 Å². The molecule has 2 aromatic carbocycles. The Hall–Kier alpha value is -3.01. The van der Waals surface area contributed by atoms with Gasteiger partial charge in [-0.1, -0.05) is 110 Å². The summed E-state index contributed by atoms with van der Waals surface area (Å²) in [5.74, 6) is 1.24. The Morgan fingerprint density at radius 3 is 1.87 bits per heavy atom. The van der Waals surface area contributed by atoms with Gasteiger partial charge in [0.25, 0.3) is 0 Å². The maximum Gasteiger partial charge on any atom is 0.314 e. The second-order valence-electron chi connectivity index (χ2n) is 11.1. The molecule has 4 heteroatoms. The van der Waals surface area contributed by atoms with Gasteiger partial charge in [0.05, 0.1) is 5.92 Å². The summed E-state index contributed by atoms with van der Waals surface area (Å²) in [7, 11) is 0. The quantitative estimate of drug-likeness (QED) is 0.0993. The van der Waals surface area contributed by atoms with Crippen molar-refractivity contribution in [3.05, 3.63) is 66.5 Å². The first kappa shape index (κ1) is 30.5. The van der Waals surface area contributed by atoms with Crippen molar-refractivity contribution >= 4 is 5.97 Å². The zero-order valence-corrected chi connectivity index (χ0v) is 24.6. The Labute approximate surface area is 236 Å². The van der Waals surface area contributed by atoms with E-state index in [-0.39, 0.29) is 11.9 Å². The van der Waals surface area contributed by atoms with Crippen LogP contribution in [0.15, 0.2) is 60.9 Å². The second kappa shape index (κ2) is 16.8. The maximum atomic E-state index is 12.5. The Morgan fingerprint density at radius 2 is 1.26 bits per heavy atom. The molecule has 0 unspecified atom stereocenters. The molecule has 3 aromatic rings. The van der Waals surface area contributed by atoms with E-state index < -0.39 is 0 Å². The van der Waals surface area contributed by atoms with E-state index in [0.29, 0.717) is 17.5 Å². The van der Waals surface area contributed by atoms with Crippen LogP contribution >= 0.6 is 0 Å². The highest BCUT2D eigenvalue weighted by Crippen LogP contribution is 2.25. The normalized spacial score (nSPS) is 12.7. The lowest BCUT2D eigenvalue weighted by atomic mass is 9.91. The summed E-state index contributed by atoms with van der Waals surface area (Å²) in [6.07, 6.45) is 19.0. The molecule has 3 rings (SSSR count). The fraction of sp³-hybridized carbons (Fsp3) is 0.514. The monoisotopic (exact) mass is 528 g/mol. The molecule has 0 aliphatic carbocycles. The number of aryl methyl sites for hydroxylation is 1. The van der Waals surface area contributed by atoms with Gasteiger partial charge in [0.15, 0.2) is 5.82 Å². The first-order chi connectivity index (χ1) is 19.0. The highest BCUT2D eigenvalue weighted by molar-refractivity contribution is 5.75. The summed E-state index contributed by atoms with van der Waals surface area (Å²) >= 11 is 0. The number of esters is 1. The average molecular weight is 529 g/mol. The van der Waals surface area contributed by atoms with Gasteiger partial charge in [0.2, 0.25) is 0 Å². The lowest BCUT2D eigenvalue weighted by Gasteiger charge is -2.18. The van der Waals surface area contributed by atoms with Crippen molar-refractivity contribution in [3.63, 3.8) is 0 Å². The van der Waals surface area contributed by atoms with Crippen LogP contribution in [0.2, 0.25) is 0 Å². The smallest absolute Gasteiger partial charge is 0.314 e. The number of aromatic nitrogens is 2. The second-order valence-corrected chi connectivity index (χ2v) is 11.1. The van der Waals surface area contributed by atoms with Gasteiger partial charge in [0.1, 0.15) is 5.75 Å². The number of hydrogen-bond donors (Lipinski definition) is 0. The van der Waals surface area contributed by atoms with E-state index in [0.717, 1.165) is 42.4 Å². The number of ether oxygens (including phenoxy) is 1. The third kappa shape index (κ3) is 10.2. The molecule has 0 aliphatic rings. The maximum absolute atomic E-state index is 12.5. The van der Waals surface area contributed by atoms with Crippen molar-refractivity contribution in [2.45, 2.75) is 105 Å². The molecule has 39 heavy (non-hydrogen) atoms. The third-order valence-corrected chi connectivity index (χ3v) is 7.83. The molecule has 0 radical (unpaired) electrons. The predicted molar refractivity (Wildman–Crippen MR) is 163 cm³/mol. The van der Waals surface area contributed by atoms with Gasteiger partial charge in [-0.3, -0.25) is 4.79 Å². The number of hydrogen-bond acceptors (Lipinski definition) is 4. The van der Waals surface area contributed by atoms with E-state index >= 15 is 0 Å². The molecule has 0 amide bonds. The van der Waals surface area contributed by atoms with Crippen molar-refractivity contribution in [3.8, 4) is 28.3 Å². The molecular weight excluding hydrogens is 480 g/mol. The standard InChI is InChI=1S/C35H48N2O2/c1-5-7-9-10-11-12-13-14-16-29-17-19-30(20-18-29)32-25-36-34(37-26-32)31-21-23-33(24-22-31)39-35(38)28(4)27(3)15-8-6-2/h17-28H,5-16H2,1-4H3/t27-,28+/m1/s1. The van der Waals surface area contributed by atoms with E-state index in [2.05, 4.69) is 55.0 Å². The lowest BCUT2D eigenvalue weighted by Crippen LogP contribution is -2.23. The molecule has 0 N–H and O–H groups in total. The van der Waals surface area contributed by atoms with Crippen LogP contribution in [0.3, 0.4) is 0 Å². The van der Waals surface area contributed by atoms with E-state index in [1.165, 1.54) is 56.9 Å². The van der Waals surface area contributed by atoms with Crippen LogP contribution in [0.1, 0.15) is 104 Å². The minimum Gasteiger partial charge on any atom is -0.426 e. The van der Waals surface area contributed by atoms with Crippen molar-refractivity contribution in [2.75, 3.05) is 0 Å². The minimum absolute atomic E-state index is 0.119. The molecule has 1 aromatic heterocycles. The molecule has 2 atom stereocenters. The predicted octanol–water partition coefficient (Wildman–Crippen LogP) is 9.86. The third-order valence-electron chi connectivity index (χ3n) is 7.83. The van der Waals surface area contributed by atoms with Crippen LogP contribution in [0.25, 0.3) is 22.5 Å². The molecule has 210 valence electrons. The number of rotatable bonds is 17. The fourth-order valence-corrected chi connectivity index (χ4v) is 4.84. The molecule has 0 fully saturated rings. The average Bonchev–Trinajstić information content (AvgIpc) is 2.97. The van der Waals surface area contributed by atoms with Gasteiger partial charge in [-0.25, -0.2) is 9.97 Å². The van der Waals surface area contributed by atoms with Crippen LogP contribution < -0.4 is 4.74 Å². The molecular formula is C35H48N2O2. The summed E-state index contributed by atoms with van der Waals surface area (Å²) in [4.78, 5) is 21.7. The number of nitrogens with zero attached hydrogens (tertiary/aromatic N) is 2. The number of benzene rings is 2. The topological polar surface area (TPSA) is 52.1 Å². The van der Waals surface area contributed by atoms with Crippen LogP contribution in [-0.2, 0) is 11.2 Å². The summed E-state index contributed by atoms with van der Waals surface area (Å²) in [6.45, 7) is 8.52. The SMILES string of the molecule is CCCCCCCCCCc1ccc(-c2cnc(-c3ccc(OC(=O)[C@@H](C)[C@H](C)CCCC)cc3)nc2)cc1. The lowest BCUT2D eigenvalue weighted by molar-refractivity contribution is -0.140. The summed E-state index contributed by atoms with van der Waals surface area (Å²) in [6, 6.07) is 16.3. The van der Waals surface area contributed by atoms with Gasteiger partial charge in [-0.15, -0.1) is 0 Å². The molecule has 0 bridgehead atoms. The summed E-state index contributed by atoms with van der Waals surface area (Å²) in [5, 5.41) is 0. The van der Waals surface area contributed by atoms with Crippen LogP contribution in [0, 0.1) is 11.8 Å². The molecule has 1 heterocycles. The summed E-state index contributed by atoms with van der Waals surface area (Å²) in [5.41, 5.74) is 4.43. The van der Waals surface area contributed by atoms with E-state index in [1.807, 2.05) is 43.6 Å². The summed E-state index contributed by atoms with van der Waals surface area (Å²) < 4.78 is 5.63. The van der Waals surface area contributed by atoms with E-state index in [4.69, 9.17) is 4.74 Å². The fourth-order valence-electron chi connectivity index (χ4n) is 4.84. The van der Waals surface area contributed by atoms with Gasteiger partial charge >= 0.3 is 5.97 Å². The molecule has 4 nitrogen and oxygen atoms in total.